The first-order valence-corrected chi connectivity index (χ1v) is 12.9. The average molecular weight is 577 g/mol. The van der Waals surface area contributed by atoms with Gasteiger partial charge in [0.25, 0.3) is 11.1 Å². The first kappa shape index (κ1) is 24.9. The third-order valence-corrected chi connectivity index (χ3v) is 7.18. The normalized spacial score (nSPS) is 14.8. The Hall–Kier alpha value is -2.25. The van der Waals surface area contributed by atoms with Gasteiger partial charge in [0.2, 0.25) is 0 Å². The molecule has 34 heavy (non-hydrogen) atoms. The summed E-state index contributed by atoms with van der Waals surface area (Å²) in [5.74, 6) is 0.0725. The van der Waals surface area contributed by atoms with Crippen molar-refractivity contribution in [3.05, 3.63) is 103 Å². The summed E-state index contributed by atoms with van der Waals surface area (Å²) in [5.41, 5.74) is 2.78. The van der Waals surface area contributed by atoms with E-state index in [2.05, 4.69) is 15.9 Å². The van der Waals surface area contributed by atoms with Gasteiger partial charge in [-0.1, -0.05) is 81.6 Å². The molecule has 174 valence electrons. The molecule has 1 heterocycles. The van der Waals surface area contributed by atoms with Crippen LogP contribution in [0, 0.1) is 0 Å². The lowest BCUT2D eigenvalue weighted by Gasteiger charge is -2.12. The largest absolute Gasteiger partial charge is 0.486 e. The number of imide groups is 1. The van der Waals surface area contributed by atoms with Crippen molar-refractivity contribution in [2.45, 2.75) is 19.4 Å². The van der Waals surface area contributed by atoms with Gasteiger partial charge in [-0.2, -0.15) is 0 Å². The lowest BCUT2D eigenvalue weighted by atomic mass is 10.1. The molecule has 2 amide bonds. The molecule has 0 saturated carbocycles. The summed E-state index contributed by atoms with van der Waals surface area (Å²) >= 11 is 17.2. The van der Waals surface area contributed by atoms with E-state index in [0.29, 0.717) is 45.8 Å². The number of thioether (sulfide) groups is 1. The third-order valence-electron chi connectivity index (χ3n) is 5.18. The quantitative estimate of drug-likeness (QED) is 0.255. The zero-order chi connectivity index (χ0) is 24.1. The number of halogens is 3. The number of amides is 2. The van der Waals surface area contributed by atoms with Crippen LogP contribution in [0.15, 0.2) is 76.1 Å². The summed E-state index contributed by atoms with van der Waals surface area (Å²) in [4.78, 5) is 26.9. The Morgan fingerprint density at radius 3 is 2.29 bits per heavy atom. The summed E-state index contributed by atoms with van der Waals surface area (Å²) in [5, 5.41) is 0.395. The molecule has 1 aliphatic rings. The number of hydrogen-bond acceptors (Lipinski definition) is 4. The molecule has 0 unspecified atom stereocenters. The van der Waals surface area contributed by atoms with Crippen LogP contribution in [-0.4, -0.2) is 22.6 Å². The number of aryl methyl sites for hydroxylation is 1. The number of rotatable bonds is 8. The van der Waals surface area contributed by atoms with E-state index >= 15 is 0 Å². The SMILES string of the molecule is O=C1S/C(=C/c2cc(Cl)c(OCc3ccc(Br)cc3)c(Cl)c2)C(=O)N1CCCc1ccccc1. The highest BCUT2D eigenvalue weighted by Gasteiger charge is 2.34. The molecule has 0 atom stereocenters. The van der Waals surface area contributed by atoms with Crippen molar-refractivity contribution in [3.63, 3.8) is 0 Å². The van der Waals surface area contributed by atoms with Gasteiger partial charge in [0, 0.05) is 11.0 Å². The maximum absolute atomic E-state index is 12.8. The summed E-state index contributed by atoms with van der Waals surface area (Å²) in [7, 11) is 0. The van der Waals surface area contributed by atoms with Crippen LogP contribution in [-0.2, 0) is 17.8 Å². The molecule has 1 saturated heterocycles. The number of carbonyl (C=O) groups excluding carboxylic acids is 2. The van der Waals surface area contributed by atoms with Gasteiger partial charge in [0.1, 0.15) is 6.61 Å². The molecule has 4 nitrogen and oxygen atoms in total. The Morgan fingerprint density at radius 1 is 0.941 bits per heavy atom. The summed E-state index contributed by atoms with van der Waals surface area (Å²) in [6, 6.07) is 21.1. The molecule has 4 rings (SSSR count). The highest BCUT2D eigenvalue weighted by Crippen LogP contribution is 2.38. The Morgan fingerprint density at radius 2 is 1.62 bits per heavy atom. The van der Waals surface area contributed by atoms with Gasteiger partial charge in [-0.15, -0.1) is 0 Å². The van der Waals surface area contributed by atoms with Gasteiger partial charge in [0.15, 0.2) is 5.75 Å². The Labute approximate surface area is 221 Å². The zero-order valence-corrected chi connectivity index (χ0v) is 21.9. The monoisotopic (exact) mass is 575 g/mol. The lowest BCUT2D eigenvalue weighted by Crippen LogP contribution is -2.29. The maximum atomic E-state index is 12.8. The van der Waals surface area contributed by atoms with Gasteiger partial charge in [0.05, 0.1) is 15.0 Å². The van der Waals surface area contributed by atoms with Crippen molar-refractivity contribution < 1.29 is 14.3 Å². The van der Waals surface area contributed by atoms with Gasteiger partial charge < -0.3 is 4.74 Å². The second kappa shape index (κ2) is 11.5. The van der Waals surface area contributed by atoms with E-state index in [9.17, 15) is 9.59 Å². The van der Waals surface area contributed by atoms with Crippen molar-refractivity contribution in [1.82, 2.24) is 4.90 Å². The smallest absolute Gasteiger partial charge is 0.293 e. The van der Waals surface area contributed by atoms with Gasteiger partial charge in [-0.3, -0.25) is 14.5 Å². The number of carbonyl (C=O) groups is 2. The number of hydrogen-bond donors (Lipinski definition) is 0. The molecule has 1 aliphatic heterocycles. The Kier molecular flexibility index (Phi) is 8.37. The number of benzene rings is 3. The lowest BCUT2D eigenvalue weighted by molar-refractivity contribution is -0.122. The minimum Gasteiger partial charge on any atom is -0.486 e. The van der Waals surface area contributed by atoms with E-state index in [4.69, 9.17) is 27.9 Å². The van der Waals surface area contributed by atoms with E-state index < -0.39 is 0 Å². The fourth-order valence-corrected chi connectivity index (χ4v) is 5.21. The van der Waals surface area contributed by atoms with Crippen LogP contribution in [0.2, 0.25) is 10.0 Å². The van der Waals surface area contributed by atoms with E-state index in [-0.39, 0.29) is 11.1 Å². The summed E-state index contributed by atoms with van der Waals surface area (Å²) < 4.78 is 6.80. The molecular formula is C26H20BrCl2NO3S. The molecule has 0 aromatic heterocycles. The molecule has 0 N–H and O–H groups in total. The second-order valence-electron chi connectivity index (χ2n) is 7.65. The Bertz CT molecular complexity index is 1210. The van der Waals surface area contributed by atoms with Crippen LogP contribution >= 0.6 is 50.9 Å². The van der Waals surface area contributed by atoms with Crippen molar-refractivity contribution >= 4 is 68.1 Å². The van der Waals surface area contributed by atoms with E-state index in [1.165, 1.54) is 10.5 Å². The van der Waals surface area contributed by atoms with Crippen LogP contribution in [0.5, 0.6) is 5.75 Å². The molecule has 1 fully saturated rings. The molecule has 3 aromatic carbocycles. The second-order valence-corrected chi connectivity index (χ2v) is 10.4. The molecule has 0 radical (unpaired) electrons. The van der Waals surface area contributed by atoms with Crippen LogP contribution < -0.4 is 4.74 Å². The minimum absolute atomic E-state index is 0.268. The fraction of sp³-hybridized carbons (Fsp3) is 0.154. The zero-order valence-electron chi connectivity index (χ0n) is 18.0. The van der Waals surface area contributed by atoms with Crippen molar-refractivity contribution in [2.24, 2.45) is 0 Å². The van der Waals surface area contributed by atoms with Gasteiger partial charge in [-0.25, -0.2) is 0 Å². The number of nitrogens with zero attached hydrogens (tertiary/aromatic N) is 1. The van der Waals surface area contributed by atoms with E-state index in [0.717, 1.165) is 28.2 Å². The van der Waals surface area contributed by atoms with Crippen LogP contribution in [0.3, 0.4) is 0 Å². The van der Waals surface area contributed by atoms with Crippen LogP contribution in [0.1, 0.15) is 23.1 Å². The third kappa shape index (κ3) is 6.25. The van der Waals surface area contributed by atoms with Crippen LogP contribution in [0.25, 0.3) is 6.08 Å². The highest BCUT2D eigenvalue weighted by molar-refractivity contribution is 9.10. The molecule has 3 aromatic rings. The standard InChI is InChI=1S/C26H20BrCl2NO3S/c27-20-10-8-18(9-11-20)16-33-24-21(28)13-19(14-22(24)29)15-23-25(31)30(26(32)34-23)12-4-7-17-5-2-1-3-6-17/h1-3,5-6,8-11,13-15H,4,7,12,16H2/b23-15+. The van der Waals surface area contributed by atoms with Crippen LogP contribution in [0.4, 0.5) is 4.79 Å². The maximum Gasteiger partial charge on any atom is 0.293 e. The van der Waals surface area contributed by atoms with Crippen molar-refractivity contribution in [2.75, 3.05) is 6.54 Å². The molecular weight excluding hydrogens is 557 g/mol. The fourth-order valence-electron chi connectivity index (χ4n) is 3.47. The predicted octanol–water partition coefficient (Wildman–Crippen LogP) is 8.00. The topological polar surface area (TPSA) is 46.6 Å². The Balaban J connectivity index is 1.41. The molecule has 0 aliphatic carbocycles. The first-order valence-electron chi connectivity index (χ1n) is 10.6. The summed E-state index contributed by atoms with van der Waals surface area (Å²) in [6.45, 7) is 0.690. The van der Waals surface area contributed by atoms with Gasteiger partial charge in [-0.05, 0) is 71.6 Å². The van der Waals surface area contributed by atoms with E-state index in [1.54, 1.807) is 18.2 Å². The van der Waals surface area contributed by atoms with Gasteiger partial charge >= 0.3 is 0 Å². The first-order chi connectivity index (χ1) is 16.4. The number of ether oxygens (including phenoxy) is 1. The van der Waals surface area contributed by atoms with Crippen molar-refractivity contribution in [3.8, 4) is 5.75 Å². The predicted molar refractivity (Wildman–Crippen MR) is 142 cm³/mol. The molecule has 8 heteroatoms. The van der Waals surface area contributed by atoms with Crippen molar-refractivity contribution in [1.29, 1.82) is 0 Å². The molecule has 0 spiro atoms. The van der Waals surface area contributed by atoms with E-state index in [1.807, 2.05) is 54.6 Å². The highest BCUT2D eigenvalue weighted by atomic mass is 79.9. The minimum atomic E-state index is -0.300. The average Bonchev–Trinajstić information content (AvgIpc) is 3.07. The molecule has 0 bridgehead atoms. The summed E-state index contributed by atoms with van der Waals surface area (Å²) in [6.07, 6.45) is 3.14.